The zero-order chi connectivity index (χ0) is 10.1. The van der Waals surface area contributed by atoms with Gasteiger partial charge in [0.1, 0.15) is 0 Å². The van der Waals surface area contributed by atoms with Gasteiger partial charge in [0.05, 0.1) is 0 Å². The van der Waals surface area contributed by atoms with Crippen molar-refractivity contribution in [3.63, 3.8) is 0 Å². The number of carbonyl (C=O) groups is 1. The minimum atomic E-state index is 0.317. The molecule has 1 amide bonds. The fourth-order valence-electron chi connectivity index (χ4n) is 2.49. The number of amides is 1. The summed E-state index contributed by atoms with van der Waals surface area (Å²) < 4.78 is 0. The van der Waals surface area contributed by atoms with Gasteiger partial charge in [-0.25, -0.2) is 0 Å². The lowest BCUT2D eigenvalue weighted by Crippen LogP contribution is -2.33. The average Bonchev–Trinajstić information content (AvgIpc) is 2.81. The van der Waals surface area contributed by atoms with Gasteiger partial charge < -0.3 is 5.32 Å². The lowest BCUT2D eigenvalue weighted by Gasteiger charge is -2.14. The van der Waals surface area contributed by atoms with Gasteiger partial charge >= 0.3 is 0 Å². The minimum absolute atomic E-state index is 0.317. The van der Waals surface area contributed by atoms with Gasteiger partial charge in [0.25, 0.3) is 0 Å². The molecule has 0 saturated heterocycles. The standard InChI is InChI=1S/C12H21NO/c1-3-8(2)7-13-12(14)11-5-9-4-10(9)6-11/h8-11H,3-7H2,1-2H3,(H,13,14). The Morgan fingerprint density at radius 3 is 2.57 bits per heavy atom. The molecule has 1 N–H and O–H groups in total. The molecule has 2 nitrogen and oxygen atoms in total. The summed E-state index contributed by atoms with van der Waals surface area (Å²) in [4.78, 5) is 11.7. The second-order valence-corrected chi connectivity index (χ2v) is 5.18. The van der Waals surface area contributed by atoms with Gasteiger partial charge in [0.15, 0.2) is 0 Å². The minimum Gasteiger partial charge on any atom is -0.356 e. The number of hydrogen-bond donors (Lipinski definition) is 1. The molecule has 2 aliphatic rings. The number of rotatable bonds is 4. The Hall–Kier alpha value is -0.530. The first-order chi connectivity index (χ1) is 6.70. The lowest BCUT2D eigenvalue weighted by molar-refractivity contribution is -0.125. The van der Waals surface area contributed by atoms with E-state index in [9.17, 15) is 4.79 Å². The van der Waals surface area contributed by atoms with Crippen LogP contribution in [0.1, 0.15) is 39.5 Å². The Labute approximate surface area is 86.5 Å². The maximum Gasteiger partial charge on any atom is 0.223 e. The van der Waals surface area contributed by atoms with Gasteiger partial charge in [-0.2, -0.15) is 0 Å². The molecule has 0 spiro atoms. The number of fused-ring (bicyclic) bond motifs is 1. The monoisotopic (exact) mass is 195 g/mol. The summed E-state index contributed by atoms with van der Waals surface area (Å²) >= 11 is 0. The maximum atomic E-state index is 11.7. The molecule has 2 saturated carbocycles. The summed E-state index contributed by atoms with van der Waals surface area (Å²) in [6.07, 6.45) is 4.87. The van der Waals surface area contributed by atoms with Crippen molar-refractivity contribution < 1.29 is 4.79 Å². The number of hydrogen-bond acceptors (Lipinski definition) is 1. The van der Waals surface area contributed by atoms with Gasteiger partial charge in [0.2, 0.25) is 5.91 Å². The van der Waals surface area contributed by atoms with Crippen molar-refractivity contribution >= 4 is 5.91 Å². The van der Waals surface area contributed by atoms with Crippen molar-refractivity contribution in [1.29, 1.82) is 0 Å². The lowest BCUT2D eigenvalue weighted by atomic mass is 10.0. The van der Waals surface area contributed by atoms with E-state index in [1.165, 1.54) is 6.42 Å². The predicted octanol–water partition coefficient (Wildman–Crippen LogP) is 2.19. The van der Waals surface area contributed by atoms with Crippen LogP contribution < -0.4 is 5.32 Å². The molecule has 0 radical (unpaired) electrons. The molecule has 3 atom stereocenters. The molecular weight excluding hydrogens is 174 g/mol. The van der Waals surface area contributed by atoms with Gasteiger partial charge in [-0.3, -0.25) is 4.79 Å². The molecule has 2 rings (SSSR count). The van der Waals surface area contributed by atoms with E-state index >= 15 is 0 Å². The molecule has 3 unspecified atom stereocenters. The molecular formula is C12H21NO. The summed E-state index contributed by atoms with van der Waals surface area (Å²) in [5, 5.41) is 3.08. The van der Waals surface area contributed by atoms with Crippen LogP contribution in [0.15, 0.2) is 0 Å². The molecule has 0 aromatic rings. The molecule has 0 bridgehead atoms. The van der Waals surface area contributed by atoms with Crippen LogP contribution in [0.3, 0.4) is 0 Å². The third-order valence-electron chi connectivity index (χ3n) is 3.94. The van der Waals surface area contributed by atoms with E-state index in [-0.39, 0.29) is 0 Å². The first-order valence-corrected chi connectivity index (χ1v) is 5.98. The SMILES string of the molecule is CCC(C)CNC(=O)C1CC2CC2C1. The molecule has 0 aliphatic heterocycles. The smallest absolute Gasteiger partial charge is 0.223 e. The van der Waals surface area contributed by atoms with E-state index in [0.29, 0.717) is 17.7 Å². The van der Waals surface area contributed by atoms with Crippen molar-refractivity contribution in [1.82, 2.24) is 5.32 Å². The summed E-state index contributed by atoms with van der Waals surface area (Å²) in [5.41, 5.74) is 0. The van der Waals surface area contributed by atoms with Gasteiger partial charge in [-0.1, -0.05) is 20.3 Å². The van der Waals surface area contributed by atoms with Crippen LogP contribution in [0, 0.1) is 23.7 Å². The van der Waals surface area contributed by atoms with E-state index in [1.807, 2.05) is 0 Å². The van der Waals surface area contributed by atoms with Crippen molar-refractivity contribution in [3.8, 4) is 0 Å². The van der Waals surface area contributed by atoms with Crippen LogP contribution in [0.25, 0.3) is 0 Å². The highest BCUT2D eigenvalue weighted by molar-refractivity contribution is 5.79. The van der Waals surface area contributed by atoms with Gasteiger partial charge in [-0.15, -0.1) is 0 Å². The largest absolute Gasteiger partial charge is 0.356 e. The molecule has 0 aromatic heterocycles. The summed E-state index contributed by atoms with van der Waals surface area (Å²) in [6.45, 7) is 5.22. The second kappa shape index (κ2) is 3.92. The zero-order valence-corrected chi connectivity index (χ0v) is 9.25. The molecule has 2 fully saturated rings. The quantitative estimate of drug-likeness (QED) is 0.732. The van der Waals surface area contributed by atoms with Gasteiger partial charge in [-0.05, 0) is 37.0 Å². The topological polar surface area (TPSA) is 29.1 Å². The van der Waals surface area contributed by atoms with Crippen molar-refractivity contribution in [2.45, 2.75) is 39.5 Å². The zero-order valence-electron chi connectivity index (χ0n) is 9.25. The molecule has 2 heteroatoms. The van der Waals surface area contributed by atoms with Crippen LogP contribution in [-0.4, -0.2) is 12.5 Å². The summed E-state index contributed by atoms with van der Waals surface area (Å²) in [6, 6.07) is 0. The summed E-state index contributed by atoms with van der Waals surface area (Å²) in [5.74, 6) is 3.11. The van der Waals surface area contributed by atoms with Crippen LogP contribution in [0.2, 0.25) is 0 Å². The van der Waals surface area contributed by atoms with Crippen LogP contribution in [0.4, 0.5) is 0 Å². The van der Waals surface area contributed by atoms with Crippen LogP contribution >= 0.6 is 0 Å². The van der Waals surface area contributed by atoms with Crippen molar-refractivity contribution in [2.24, 2.45) is 23.7 Å². The predicted molar refractivity (Wildman–Crippen MR) is 56.8 cm³/mol. The molecule has 0 aromatic carbocycles. The second-order valence-electron chi connectivity index (χ2n) is 5.18. The highest BCUT2D eigenvalue weighted by atomic mass is 16.1. The Bertz CT molecular complexity index is 216. The molecule has 80 valence electrons. The van der Waals surface area contributed by atoms with Gasteiger partial charge in [0, 0.05) is 12.5 Å². The average molecular weight is 195 g/mol. The third-order valence-corrected chi connectivity index (χ3v) is 3.94. The van der Waals surface area contributed by atoms with Crippen LogP contribution in [0.5, 0.6) is 0 Å². The molecule has 14 heavy (non-hydrogen) atoms. The third kappa shape index (κ3) is 2.10. The highest BCUT2D eigenvalue weighted by Crippen LogP contribution is 2.54. The molecule has 2 aliphatic carbocycles. The Balaban J connectivity index is 1.68. The number of carbonyl (C=O) groups excluding carboxylic acids is 1. The fourth-order valence-corrected chi connectivity index (χ4v) is 2.49. The van der Waals surface area contributed by atoms with E-state index in [4.69, 9.17) is 0 Å². The fraction of sp³-hybridized carbons (Fsp3) is 0.917. The van der Waals surface area contributed by atoms with E-state index < -0.39 is 0 Å². The van der Waals surface area contributed by atoms with Crippen molar-refractivity contribution in [2.75, 3.05) is 6.54 Å². The van der Waals surface area contributed by atoms with Crippen molar-refractivity contribution in [3.05, 3.63) is 0 Å². The Morgan fingerprint density at radius 2 is 2.00 bits per heavy atom. The Morgan fingerprint density at radius 1 is 1.36 bits per heavy atom. The first kappa shape index (κ1) is 10.0. The van der Waals surface area contributed by atoms with Crippen LogP contribution in [-0.2, 0) is 4.79 Å². The Kier molecular flexibility index (Phi) is 2.80. The first-order valence-electron chi connectivity index (χ1n) is 5.98. The van der Waals surface area contributed by atoms with E-state index in [2.05, 4.69) is 19.2 Å². The van der Waals surface area contributed by atoms with E-state index in [0.717, 1.165) is 37.6 Å². The normalized spacial score (nSPS) is 36.3. The molecule has 0 heterocycles. The number of nitrogens with one attached hydrogen (secondary N) is 1. The highest BCUT2D eigenvalue weighted by Gasteiger charge is 2.47. The van der Waals surface area contributed by atoms with E-state index in [1.54, 1.807) is 0 Å². The maximum absolute atomic E-state index is 11.7. The summed E-state index contributed by atoms with van der Waals surface area (Å²) in [7, 11) is 0.